The normalized spacial score (nSPS) is 12.6. The molecule has 1 unspecified atom stereocenters. The Kier molecular flexibility index (Phi) is 4.51. The molecule has 0 aromatic carbocycles. The molecule has 1 amide bonds. The van der Waals surface area contributed by atoms with Crippen LogP contribution in [0.3, 0.4) is 0 Å². The van der Waals surface area contributed by atoms with Gasteiger partial charge in [-0.05, 0) is 26.3 Å². The van der Waals surface area contributed by atoms with Crippen molar-refractivity contribution in [1.29, 1.82) is 0 Å². The molecule has 17 heavy (non-hydrogen) atoms. The summed E-state index contributed by atoms with van der Waals surface area (Å²) in [6, 6.07) is 0.708. The van der Waals surface area contributed by atoms with Crippen molar-refractivity contribution in [2.24, 2.45) is 0 Å². The zero-order valence-electron chi connectivity index (χ0n) is 9.77. The number of carbonyl (C=O) groups is 2. The van der Waals surface area contributed by atoms with Gasteiger partial charge in [0.25, 0.3) is 5.91 Å². The Balaban J connectivity index is 2.71. The number of hydrogen-bond donors (Lipinski definition) is 2. The van der Waals surface area contributed by atoms with Crippen LogP contribution in [-0.2, 0) is 4.79 Å². The zero-order chi connectivity index (χ0) is 12.8. The lowest BCUT2D eigenvalue weighted by atomic mass is 10.2. The van der Waals surface area contributed by atoms with E-state index in [0.29, 0.717) is 5.56 Å². The molecule has 5 heteroatoms. The summed E-state index contributed by atoms with van der Waals surface area (Å²) in [7, 11) is 0. The number of furan rings is 1. The van der Waals surface area contributed by atoms with E-state index in [0.717, 1.165) is 0 Å². The summed E-state index contributed by atoms with van der Waals surface area (Å²) in [6.07, 6.45) is 5.07. The molecule has 0 aliphatic rings. The van der Waals surface area contributed by atoms with Crippen LogP contribution < -0.4 is 5.32 Å². The van der Waals surface area contributed by atoms with Gasteiger partial charge in [-0.15, -0.1) is 0 Å². The van der Waals surface area contributed by atoms with E-state index in [1.165, 1.54) is 6.26 Å². The summed E-state index contributed by atoms with van der Waals surface area (Å²) in [6.45, 7) is 3.51. The molecule has 0 fully saturated rings. The first-order valence-corrected chi connectivity index (χ1v) is 5.25. The minimum Gasteiger partial charge on any atom is -0.480 e. The van der Waals surface area contributed by atoms with Crippen LogP contribution in [-0.4, -0.2) is 23.0 Å². The Bertz CT molecular complexity index is 433. The Morgan fingerprint density at radius 3 is 2.76 bits per heavy atom. The molecule has 5 nitrogen and oxygen atoms in total. The highest BCUT2D eigenvalue weighted by Crippen LogP contribution is 2.09. The largest absolute Gasteiger partial charge is 0.480 e. The van der Waals surface area contributed by atoms with Crippen molar-refractivity contribution in [3.8, 4) is 0 Å². The molecule has 1 rings (SSSR count). The number of rotatable bonds is 5. The van der Waals surface area contributed by atoms with Crippen molar-refractivity contribution in [2.75, 3.05) is 0 Å². The fourth-order valence-electron chi connectivity index (χ4n) is 1.32. The Hall–Kier alpha value is -2.04. The summed E-state index contributed by atoms with van der Waals surface area (Å²) in [4.78, 5) is 22.6. The third-order valence-corrected chi connectivity index (χ3v) is 2.28. The highest BCUT2D eigenvalue weighted by atomic mass is 16.4. The topological polar surface area (TPSA) is 79.5 Å². The minimum absolute atomic E-state index is 0.150. The number of hydrogen-bond acceptors (Lipinski definition) is 3. The minimum atomic E-state index is -1.07. The van der Waals surface area contributed by atoms with Crippen molar-refractivity contribution >= 4 is 11.9 Å². The highest BCUT2D eigenvalue weighted by Gasteiger charge is 2.21. The van der Waals surface area contributed by atoms with Crippen LogP contribution in [0, 0.1) is 6.92 Å². The lowest BCUT2D eigenvalue weighted by molar-refractivity contribution is -0.139. The van der Waals surface area contributed by atoms with Crippen LogP contribution in [0.15, 0.2) is 28.9 Å². The summed E-state index contributed by atoms with van der Waals surface area (Å²) in [5, 5.41) is 11.3. The lowest BCUT2D eigenvalue weighted by Gasteiger charge is -2.11. The van der Waals surface area contributed by atoms with Gasteiger partial charge < -0.3 is 14.8 Å². The summed E-state index contributed by atoms with van der Waals surface area (Å²) in [5.41, 5.74) is 0.678. The molecule has 0 spiro atoms. The number of nitrogens with one attached hydrogen (secondary N) is 1. The SMILES string of the molecule is C/C=C/CC(NC(=O)c1occc1C)C(=O)O. The monoisotopic (exact) mass is 237 g/mol. The van der Waals surface area contributed by atoms with Crippen molar-refractivity contribution < 1.29 is 19.1 Å². The molecule has 0 radical (unpaired) electrons. The standard InChI is InChI=1S/C12H15NO4/c1-3-4-5-9(12(15)16)13-11(14)10-8(2)6-7-17-10/h3-4,6-7,9H,5H2,1-2H3,(H,13,14)(H,15,16)/b4-3+. The number of amides is 1. The summed E-state index contributed by atoms with van der Waals surface area (Å²) in [5.74, 6) is -1.43. The van der Waals surface area contributed by atoms with Gasteiger partial charge in [0.1, 0.15) is 6.04 Å². The van der Waals surface area contributed by atoms with Crippen molar-refractivity contribution in [3.63, 3.8) is 0 Å². The first-order chi connectivity index (χ1) is 8.06. The van der Waals surface area contributed by atoms with E-state index in [2.05, 4.69) is 5.32 Å². The summed E-state index contributed by atoms with van der Waals surface area (Å²) >= 11 is 0. The van der Waals surface area contributed by atoms with Gasteiger partial charge in [0.15, 0.2) is 5.76 Å². The van der Waals surface area contributed by atoms with Gasteiger partial charge in [0.2, 0.25) is 0 Å². The molecular formula is C12H15NO4. The number of carboxylic acids is 1. The smallest absolute Gasteiger partial charge is 0.326 e. The number of allylic oxidation sites excluding steroid dienone is 1. The Morgan fingerprint density at radius 2 is 2.29 bits per heavy atom. The molecule has 1 aromatic heterocycles. The van der Waals surface area contributed by atoms with E-state index in [9.17, 15) is 9.59 Å². The third-order valence-electron chi connectivity index (χ3n) is 2.28. The maximum absolute atomic E-state index is 11.7. The number of aryl methyl sites for hydroxylation is 1. The lowest BCUT2D eigenvalue weighted by Crippen LogP contribution is -2.40. The number of carbonyl (C=O) groups excluding carboxylic acids is 1. The van der Waals surface area contributed by atoms with Gasteiger partial charge in [-0.1, -0.05) is 12.2 Å². The second-order valence-electron chi connectivity index (χ2n) is 3.60. The molecule has 1 heterocycles. The molecule has 0 aliphatic carbocycles. The molecule has 1 aromatic rings. The van der Waals surface area contributed by atoms with Crippen molar-refractivity contribution in [3.05, 3.63) is 35.8 Å². The molecular weight excluding hydrogens is 222 g/mol. The predicted molar refractivity (Wildman–Crippen MR) is 61.8 cm³/mol. The highest BCUT2D eigenvalue weighted by molar-refractivity contribution is 5.95. The number of aliphatic carboxylic acids is 1. The molecule has 92 valence electrons. The zero-order valence-corrected chi connectivity index (χ0v) is 9.77. The number of carboxylic acid groups (broad SMARTS) is 1. The fraction of sp³-hybridized carbons (Fsp3) is 0.333. The van der Waals surface area contributed by atoms with Gasteiger partial charge in [-0.3, -0.25) is 4.79 Å². The third kappa shape index (κ3) is 3.48. The van der Waals surface area contributed by atoms with Crippen LogP contribution >= 0.6 is 0 Å². The van der Waals surface area contributed by atoms with E-state index in [4.69, 9.17) is 9.52 Å². The van der Waals surface area contributed by atoms with Crippen LogP contribution in [0.25, 0.3) is 0 Å². The molecule has 0 saturated carbocycles. The molecule has 0 bridgehead atoms. The van der Waals surface area contributed by atoms with Gasteiger partial charge in [-0.2, -0.15) is 0 Å². The average molecular weight is 237 g/mol. The average Bonchev–Trinajstić information content (AvgIpc) is 2.70. The van der Waals surface area contributed by atoms with Crippen LogP contribution in [0.5, 0.6) is 0 Å². The van der Waals surface area contributed by atoms with Crippen molar-refractivity contribution in [2.45, 2.75) is 26.3 Å². The van der Waals surface area contributed by atoms with E-state index in [1.54, 1.807) is 32.1 Å². The Morgan fingerprint density at radius 1 is 1.59 bits per heavy atom. The van der Waals surface area contributed by atoms with E-state index >= 15 is 0 Å². The van der Waals surface area contributed by atoms with Crippen molar-refractivity contribution in [1.82, 2.24) is 5.32 Å². The first kappa shape index (κ1) is 13.0. The quantitative estimate of drug-likeness (QED) is 0.764. The molecule has 1 atom stereocenters. The first-order valence-electron chi connectivity index (χ1n) is 5.25. The van der Waals surface area contributed by atoms with Gasteiger partial charge in [0.05, 0.1) is 6.26 Å². The van der Waals surface area contributed by atoms with Gasteiger partial charge >= 0.3 is 5.97 Å². The molecule has 0 aliphatic heterocycles. The van der Waals surface area contributed by atoms with Crippen LogP contribution in [0.2, 0.25) is 0 Å². The second kappa shape index (κ2) is 5.89. The molecule has 2 N–H and O–H groups in total. The molecule has 0 saturated heterocycles. The maximum atomic E-state index is 11.7. The second-order valence-corrected chi connectivity index (χ2v) is 3.60. The van der Waals surface area contributed by atoms with Crippen LogP contribution in [0.1, 0.15) is 29.5 Å². The maximum Gasteiger partial charge on any atom is 0.326 e. The van der Waals surface area contributed by atoms with E-state index in [-0.39, 0.29) is 12.2 Å². The fourth-order valence-corrected chi connectivity index (χ4v) is 1.32. The summed E-state index contributed by atoms with van der Waals surface area (Å²) < 4.78 is 4.99. The van der Waals surface area contributed by atoms with Gasteiger partial charge in [0, 0.05) is 5.56 Å². The van der Waals surface area contributed by atoms with E-state index < -0.39 is 17.9 Å². The van der Waals surface area contributed by atoms with E-state index in [1.807, 2.05) is 0 Å². The predicted octanol–water partition coefficient (Wildman–Crippen LogP) is 1.74. The van der Waals surface area contributed by atoms with Crippen LogP contribution in [0.4, 0.5) is 0 Å². The van der Waals surface area contributed by atoms with Gasteiger partial charge in [-0.25, -0.2) is 4.79 Å². The Labute approximate surface area is 99.1 Å².